The van der Waals surface area contributed by atoms with Gasteiger partial charge in [-0.3, -0.25) is 4.57 Å². The van der Waals surface area contributed by atoms with Gasteiger partial charge < -0.3 is 13.8 Å². The molecular formula is C8H17O4P. The highest BCUT2D eigenvalue weighted by atomic mass is 31.2. The van der Waals surface area contributed by atoms with E-state index in [9.17, 15) is 4.57 Å². The van der Waals surface area contributed by atoms with Gasteiger partial charge in [-0.05, 0) is 19.8 Å². The third-order valence-electron chi connectivity index (χ3n) is 2.15. The van der Waals surface area contributed by atoms with Crippen molar-refractivity contribution in [3.63, 3.8) is 0 Å². The van der Waals surface area contributed by atoms with E-state index in [4.69, 9.17) is 13.8 Å². The lowest BCUT2D eigenvalue weighted by molar-refractivity contribution is 0.0232. The van der Waals surface area contributed by atoms with Crippen LogP contribution in [0.3, 0.4) is 0 Å². The first-order chi connectivity index (χ1) is 6.03. The van der Waals surface area contributed by atoms with Gasteiger partial charge >= 0.3 is 7.60 Å². The van der Waals surface area contributed by atoms with Gasteiger partial charge in [-0.1, -0.05) is 0 Å². The molecule has 0 aromatic rings. The predicted octanol–water partition coefficient (Wildman–Crippen LogP) is 2.04. The van der Waals surface area contributed by atoms with Gasteiger partial charge in [-0.25, -0.2) is 0 Å². The fourth-order valence-corrected chi connectivity index (χ4v) is 1.82. The largest absolute Gasteiger partial charge is 0.373 e. The Hall–Kier alpha value is 0.110. The fourth-order valence-electron chi connectivity index (χ4n) is 1.28. The van der Waals surface area contributed by atoms with Crippen LogP contribution in [0.25, 0.3) is 0 Å². The first-order valence-corrected chi connectivity index (χ1v) is 6.46. The molecule has 3 atom stereocenters. The molecule has 0 aromatic heterocycles. The Morgan fingerprint density at radius 1 is 1.54 bits per heavy atom. The summed E-state index contributed by atoms with van der Waals surface area (Å²) < 4.78 is 26.6. The summed E-state index contributed by atoms with van der Waals surface area (Å²) >= 11 is 0. The van der Waals surface area contributed by atoms with E-state index in [1.165, 1.54) is 13.8 Å². The van der Waals surface area contributed by atoms with E-state index in [1.807, 2.05) is 6.92 Å². The Bertz CT molecular complexity index is 206. The van der Waals surface area contributed by atoms with E-state index in [1.54, 1.807) is 0 Å². The van der Waals surface area contributed by atoms with E-state index in [-0.39, 0.29) is 6.10 Å². The highest BCUT2D eigenvalue weighted by Crippen LogP contribution is 2.43. The Labute approximate surface area is 79.1 Å². The second kappa shape index (κ2) is 4.56. The second-order valence-electron chi connectivity index (χ2n) is 3.40. The van der Waals surface area contributed by atoms with Crippen molar-refractivity contribution in [1.82, 2.24) is 0 Å². The van der Waals surface area contributed by atoms with Crippen LogP contribution in [0, 0.1) is 0 Å². The van der Waals surface area contributed by atoms with Crippen LogP contribution < -0.4 is 0 Å². The van der Waals surface area contributed by atoms with Crippen molar-refractivity contribution >= 4 is 7.60 Å². The Balaban J connectivity index is 2.23. The molecule has 0 spiro atoms. The van der Waals surface area contributed by atoms with Crippen LogP contribution in [-0.4, -0.2) is 32.6 Å². The van der Waals surface area contributed by atoms with Gasteiger partial charge in [0.15, 0.2) is 0 Å². The SMILES string of the molecule is COP(C)(=O)OCC1CCC(C)O1. The number of hydrogen-bond acceptors (Lipinski definition) is 4. The van der Waals surface area contributed by atoms with Crippen molar-refractivity contribution in [2.24, 2.45) is 0 Å². The Morgan fingerprint density at radius 3 is 2.69 bits per heavy atom. The van der Waals surface area contributed by atoms with Crippen LogP contribution in [0.5, 0.6) is 0 Å². The standard InChI is InChI=1S/C8H17O4P/c1-7-4-5-8(12-7)6-11-13(3,9)10-2/h7-8H,4-6H2,1-3H3. The fraction of sp³-hybridized carbons (Fsp3) is 1.00. The summed E-state index contributed by atoms with van der Waals surface area (Å²) in [5, 5.41) is 0. The van der Waals surface area contributed by atoms with Crippen LogP contribution in [0.4, 0.5) is 0 Å². The maximum Gasteiger partial charge on any atom is 0.327 e. The van der Waals surface area contributed by atoms with Crippen LogP contribution in [-0.2, 0) is 18.3 Å². The van der Waals surface area contributed by atoms with Crippen molar-refractivity contribution in [3.8, 4) is 0 Å². The number of ether oxygens (including phenoxy) is 1. The molecular weight excluding hydrogens is 191 g/mol. The van der Waals surface area contributed by atoms with Gasteiger partial charge in [-0.2, -0.15) is 0 Å². The molecule has 4 nitrogen and oxygen atoms in total. The molecule has 1 rings (SSSR count). The summed E-state index contributed by atoms with van der Waals surface area (Å²) in [5.74, 6) is 0. The summed E-state index contributed by atoms with van der Waals surface area (Å²) in [5.41, 5.74) is 0. The zero-order chi connectivity index (χ0) is 9.90. The molecule has 0 N–H and O–H groups in total. The van der Waals surface area contributed by atoms with Crippen molar-refractivity contribution in [1.29, 1.82) is 0 Å². The van der Waals surface area contributed by atoms with Crippen molar-refractivity contribution in [2.45, 2.75) is 32.0 Å². The van der Waals surface area contributed by atoms with E-state index in [0.717, 1.165) is 12.8 Å². The molecule has 5 heteroatoms. The van der Waals surface area contributed by atoms with Gasteiger partial charge in [0.1, 0.15) is 0 Å². The summed E-state index contributed by atoms with van der Waals surface area (Å²) in [4.78, 5) is 0. The second-order valence-corrected chi connectivity index (χ2v) is 5.56. The van der Waals surface area contributed by atoms with Gasteiger partial charge in [0.25, 0.3) is 0 Å². The van der Waals surface area contributed by atoms with Crippen LogP contribution in [0.15, 0.2) is 0 Å². The van der Waals surface area contributed by atoms with Crippen molar-refractivity contribution in [2.75, 3.05) is 20.4 Å². The first kappa shape index (κ1) is 11.2. The van der Waals surface area contributed by atoms with Gasteiger partial charge in [0.2, 0.25) is 0 Å². The lowest BCUT2D eigenvalue weighted by atomic mass is 10.2. The minimum Gasteiger partial charge on any atom is -0.373 e. The van der Waals surface area contributed by atoms with Crippen LogP contribution in [0.2, 0.25) is 0 Å². The topological polar surface area (TPSA) is 44.8 Å². The third kappa shape index (κ3) is 3.77. The predicted molar refractivity (Wildman–Crippen MR) is 50.1 cm³/mol. The molecule has 0 radical (unpaired) electrons. The van der Waals surface area contributed by atoms with E-state index < -0.39 is 7.60 Å². The molecule has 0 aromatic carbocycles. The maximum absolute atomic E-state index is 11.3. The average molecular weight is 208 g/mol. The molecule has 78 valence electrons. The molecule has 1 fully saturated rings. The Morgan fingerprint density at radius 2 is 2.23 bits per heavy atom. The summed E-state index contributed by atoms with van der Waals surface area (Å²) in [6, 6.07) is 0. The minimum atomic E-state index is -2.83. The molecule has 1 aliphatic heterocycles. The zero-order valence-electron chi connectivity index (χ0n) is 8.36. The van der Waals surface area contributed by atoms with E-state index in [2.05, 4.69) is 0 Å². The summed E-state index contributed by atoms with van der Waals surface area (Å²) in [7, 11) is -1.44. The van der Waals surface area contributed by atoms with Gasteiger partial charge in [0.05, 0.1) is 18.8 Å². The normalized spacial score (nSPS) is 33.2. The molecule has 0 saturated carbocycles. The zero-order valence-corrected chi connectivity index (χ0v) is 9.25. The molecule has 0 bridgehead atoms. The summed E-state index contributed by atoms with van der Waals surface area (Å²) in [6.07, 6.45) is 2.41. The average Bonchev–Trinajstić information content (AvgIpc) is 2.48. The highest BCUT2D eigenvalue weighted by Gasteiger charge is 2.24. The number of hydrogen-bond donors (Lipinski definition) is 0. The molecule has 1 saturated heterocycles. The lowest BCUT2D eigenvalue weighted by Gasteiger charge is -2.15. The smallest absolute Gasteiger partial charge is 0.327 e. The molecule has 3 unspecified atom stereocenters. The van der Waals surface area contributed by atoms with Gasteiger partial charge in [-0.15, -0.1) is 0 Å². The maximum atomic E-state index is 11.3. The van der Waals surface area contributed by atoms with Crippen molar-refractivity contribution < 1.29 is 18.3 Å². The molecule has 0 aliphatic carbocycles. The lowest BCUT2D eigenvalue weighted by Crippen LogP contribution is -2.15. The molecule has 0 amide bonds. The van der Waals surface area contributed by atoms with Gasteiger partial charge in [0, 0.05) is 13.8 Å². The molecule has 1 aliphatic rings. The molecule has 1 heterocycles. The minimum absolute atomic E-state index is 0.0819. The Kier molecular flexibility index (Phi) is 3.92. The quantitative estimate of drug-likeness (QED) is 0.663. The van der Waals surface area contributed by atoms with Crippen molar-refractivity contribution in [3.05, 3.63) is 0 Å². The van der Waals surface area contributed by atoms with E-state index >= 15 is 0 Å². The number of rotatable bonds is 4. The van der Waals surface area contributed by atoms with E-state index in [0.29, 0.717) is 12.7 Å². The molecule has 13 heavy (non-hydrogen) atoms. The highest BCUT2D eigenvalue weighted by molar-refractivity contribution is 7.52. The van der Waals surface area contributed by atoms with Crippen LogP contribution in [0.1, 0.15) is 19.8 Å². The van der Waals surface area contributed by atoms with Crippen LogP contribution >= 0.6 is 7.60 Å². The monoisotopic (exact) mass is 208 g/mol. The summed E-state index contributed by atoms with van der Waals surface area (Å²) in [6.45, 7) is 3.86. The third-order valence-corrected chi connectivity index (χ3v) is 3.43. The first-order valence-electron chi connectivity index (χ1n) is 4.47.